The SMILES string of the molecule is CCC1CCCCN1C(=O)COC(=O)Cc1ccc([N+](=O)[O-])cc1[N+](=O)[O-]. The fourth-order valence-corrected chi connectivity index (χ4v) is 3.17. The van der Waals surface area contributed by atoms with Gasteiger partial charge in [0.05, 0.1) is 22.3 Å². The standard InChI is InChI=1S/C17H21N3O7/c1-2-13-5-3-4-8-18(13)16(21)11-27-17(22)9-12-6-7-14(19(23)24)10-15(12)20(25)26/h6-7,10,13H,2-5,8-9,11H2,1H3. The lowest BCUT2D eigenvalue weighted by Crippen LogP contribution is -2.45. The molecule has 10 nitrogen and oxygen atoms in total. The Morgan fingerprint density at radius 1 is 1.22 bits per heavy atom. The summed E-state index contributed by atoms with van der Waals surface area (Å²) in [6, 6.07) is 3.17. The number of likely N-dealkylation sites (tertiary alicyclic amines) is 1. The topological polar surface area (TPSA) is 133 Å². The monoisotopic (exact) mass is 379 g/mol. The molecule has 1 fully saturated rings. The van der Waals surface area contributed by atoms with Crippen LogP contribution >= 0.6 is 0 Å². The molecule has 1 heterocycles. The predicted molar refractivity (Wildman–Crippen MR) is 94.1 cm³/mol. The normalized spacial score (nSPS) is 16.6. The number of nitro benzene ring substituents is 2. The first kappa shape index (κ1) is 20.3. The molecular formula is C17H21N3O7. The van der Waals surface area contributed by atoms with E-state index in [1.54, 1.807) is 4.90 Å². The van der Waals surface area contributed by atoms with Gasteiger partial charge in [0.15, 0.2) is 6.61 Å². The van der Waals surface area contributed by atoms with Crippen LogP contribution in [0, 0.1) is 20.2 Å². The van der Waals surface area contributed by atoms with Crippen molar-refractivity contribution in [2.75, 3.05) is 13.2 Å². The number of nitrogens with zero attached hydrogens (tertiary/aromatic N) is 3. The van der Waals surface area contributed by atoms with Crippen LogP contribution < -0.4 is 0 Å². The number of piperidine rings is 1. The average molecular weight is 379 g/mol. The number of nitro groups is 2. The number of amides is 1. The van der Waals surface area contributed by atoms with E-state index in [0.29, 0.717) is 6.54 Å². The van der Waals surface area contributed by atoms with Gasteiger partial charge in [0.1, 0.15) is 0 Å². The summed E-state index contributed by atoms with van der Waals surface area (Å²) >= 11 is 0. The smallest absolute Gasteiger partial charge is 0.311 e. The Bertz CT molecular complexity index is 750. The first-order valence-electron chi connectivity index (χ1n) is 8.70. The molecule has 1 saturated heterocycles. The Morgan fingerprint density at radius 2 is 1.96 bits per heavy atom. The number of carbonyl (C=O) groups is 2. The van der Waals surface area contributed by atoms with E-state index < -0.39 is 40.2 Å². The van der Waals surface area contributed by atoms with Crippen LogP contribution in [-0.4, -0.2) is 45.8 Å². The lowest BCUT2D eigenvalue weighted by atomic mass is 10.00. The van der Waals surface area contributed by atoms with Gasteiger partial charge in [-0.15, -0.1) is 0 Å². The number of benzene rings is 1. The van der Waals surface area contributed by atoms with Crippen LogP contribution in [0.5, 0.6) is 0 Å². The summed E-state index contributed by atoms with van der Waals surface area (Å²) in [6.45, 7) is 2.20. The zero-order chi connectivity index (χ0) is 20.0. The number of ether oxygens (including phenoxy) is 1. The molecular weight excluding hydrogens is 358 g/mol. The number of rotatable bonds is 7. The maximum absolute atomic E-state index is 12.3. The van der Waals surface area contributed by atoms with Gasteiger partial charge < -0.3 is 9.64 Å². The Kier molecular flexibility index (Phi) is 6.80. The van der Waals surface area contributed by atoms with E-state index in [2.05, 4.69) is 0 Å². The van der Waals surface area contributed by atoms with Gasteiger partial charge in [-0.1, -0.05) is 6.92 Å². The van der Waals surface area contributed by atoms with Gasteiger partial charge in [0, 0.05) is 24.2 Å². The van der Waals surface area contributed by atoms with Crippen molar-refractivity contribution in [1.29, 1.82) is 0 Å². The Morgan fingerprint density at radius 3 is 2.59 bits per heavy atom. The second kappa shape index (κ2) is 9.06. The van der Waals surface area contributed by atoms with Crippen LogP contribution in [0.1, 0.15) is 38.2 Å². The molecule has 146 valence electrons. The highest BCUT2D eigenvalue weighted by Gasteiger charge is 2.26. The number of esters is 1. The summed E-state index contributed by atoms with van der Waals surface area (Å²) in [6.07, 6.45) is 3.27. The molecule has 27 heavy (non-hydrogen) atoms. The lowest BCUT2D eigenvalue weighted by molar-refractivity contribution is -0.394. The van der Waals surface area contributed by atoms with Crippen molar-refractivity contribution in [1.82, 2.24) is 4.90 Å². The van der Waals surface area contributed by atoms with Crippen LogP contribution in [0.25, 0.3) is 0 Å². The summed E-state index contributed by atoms with van der Waals surface area (Å²) in [7, 11) is 0. The molecule has 0 aromatic heterocycles. The molecule has 1 aromatic carbocycles. The van der Waals surface area contributed by atoms with Gasteiger partial charge in [-0.3, -0.25) is 29.8 Å². The summed E-state index contributed by atoms with van der Waals surface area (Å²) in [5.74, 6) is -1.08. The molecule has 0 N–H and O–H groups in total. The zero-order valence-electron chi connectivity index (χ0n) is 15.0. The molecule has 1 amide bonds. The highest BCUT2D eigenvalue weighted by atomic mass is 16.6. The molecule has 1 aromatic rings. The minimum Gasteiger partial charge on any atom is -0.455 e. The Labute approximate surface area is 155 Å². The predicted octanol–water partition coefficient (Wildman–Crippen LogP) is 2.38. The second-order valence-corrected chi connectivity index (χ2v) is 6.31. The van der Waals surface area contributed by atoms with Crippen LogP contribution in [0.4, 0.5) is 11.4 Å². The molecule has 0 radical (unpaired) electrons. The van der Waals surface area contributed by atoms with Gasteiger partial charge in [0.2, 0.25) is 0 Å². The van der Waals surface area contributed by atoms with Gasteiger partial charge in [-0.2, -0.15) is 0 Å². The molecule has 0 saturated carbocycles. The summed E-state index contributed by atoms with van der Waals surface area (Å²) < 4.78 is 4.98. The van der Waals surface area contributed by atoms with Crippen molar-refractivity contribution in [3.05, 3.63) is 44.0 Å². The number of carbonyl (C=O) groups excluding carboxylic acids is 2. The highest BCUT2D eigenvalue weighted by Crippen LogP contribution is 2.25. The summed E-state index contributed by atoms with van der Waals surface area (Å²) in [5.41, 5.74) is -0.980. The van der Waals surface area contributed by atoms with Crippen LogP contribution in [0.15, 0.2) is 18.2 Å². The second-order valence-electron chi connectivity index (χ2n) is 6.31. The first-order chi connectivity index (χ1) is 12.8. The molecule has 1 aliphatic heterocycles. The largest absolute Gasteiger partial charge is 0.455 e. The maximum Gasteiger partial charge on any atom is 0.311 e. The molecule has 10 heteroatoms. The summed E-state index contributed by atoms with van der Waals surface area (Å²) in [5, 5.41) is 21.8. The summed E-state index contributed by atoms with van der Waals surface area (Å²) in [4.78, 5) is 46.3. The van der Waals surface area contributed by atoms with E-state index in [4.69, 9.17) is 4.74 Å². The van der Waals surface area contributed by atoms with E-state index in [0.717, 1.165) is 43.9 Å². The third-order valence-electron chi connectivity index (χ3n) is 4.59. The van der Waals surface area contributed by atoms with Gasteiger partial charge in [-0.25, -0.2) is 0 Å². The number of non-ortho nitro benzene ring substituents is 1. The molecule has 1 atom stereocenters. The Hall–Kier alpha value is -3.04. The van der Waals surface area contributed by atoms with E-state index in [9.17, 15) is 29.8 Å². The van der Waals surface area contributed by atoms with Crippen molar-refractivity contribution in [2.24, 2.45) is 0 Å². The number of hydrogen-bond acceptors (Lipinski definition) is 7. The minimum atomic E-state index is -0.801. The molecule has 2 rings (SSSR count). The average Bonchev–Trinajstić information content (AvgIpc) is 2.65. The van der Waals surface area contributed by atoms with E-state index in [-0.39, 0.29) is 17.5 Å². The fourth-order valence-electron chi connectivity index (χ4n) is 3.17. The molecule has 0 aliphatic carbocycles. The lowest BCUT2D eigenvalue weighted by Gasteiger charge is -2.35. The number of hydrogen-bond donors (Lipinski definition) is 0. The molecule has 0 spiro atoms. The van der Waals surface area contributed by atoms with Crippen LogP contribution in [0.2, 0.25) is 0 Å². The zero-order valence-corrected chi connectivity index (χ0v) is 15.0. The first-order valence-corrected chi connectivity index (χ1v) is 8.70. The van der Waals surface area contributed by atoms with E-state index >= 15 is 0 Å². The highest BCUT2D eigenvalue weighted by molar-refractivity contribution is 5.82. The van der Waals surface area contributed by atoms with Gasteiger partial charge in [-0.05, 0) is 31.7 Å². The molecule has 0 bridgehead atoms. The Balaban J connectivity index is 1.98. The van der Waals surface area contributed by atoms with Crippen LogP contribution in [-0.2, 0) is 20.7 Å². The van der Waals surface area contributed by atoms with Crippen molar-refractivity contribution in [3.63, 3.8) is 0 Å². The maximum atomic E-state index is 12.3. The molecule has 1 unspecified atom stereocenters. The molecule has 1 aliphatic rings. The van der Waals surface area contributed by atoms with Crippen molar-refractivity contribution in [3.8, 4) is 0 Å². The quantitative estimate of drug-likeness (QED) is 0.403. The minimum absolute atomic E-state index is 0.00698. The third-order valence-corrected chi connectivity index (χ3v) is 4.59. The van der Waals surface area contributed by atoms with Crippen molar-refractivity contribution in [2.45, 2.75) is 45.1 Å². The van der Waals surface area contributed by atoms with E-state index in [1.807, 2.05) is 6.92 Å². The fraction of sp³-hybridized carbons (Fsp3) is 0.529. The van der Waals surface area contributed by atoms with Crippen molar-refractivity contribution < 1.29 is 24.2 Å². The van der Waals surface area contributed by atoms with Gasteiger partial charge >= 0.3 is 5.97 Å². The van der Waals surface area contributed by atoms with Gasteiger partial charge in [0.25, 0.3) is 17.3 Å². The van der Waals surface area contributed by atoms with E-state index in [1.165, 1.54) is 0 Å². The van der Waals surface area contributed by atoms with Crippen LogP contribution in [0.3, 0.4) is 0 Å². The van der Waals surface area contributed by atoms with Crippen molar-refractivity contribution >= 4 is 23.3 Å². The third kappa shape index (κ3) is 5.22.